The van der Waals surface area contributed by atoms with Crippen molar-refractivity contribution >= 4 is 40.5 Å². The Labute approximate surface area is 184 Å². The standard InChI is InChI=1S/C21H21ClN2O5S/c1-2-28-19-12-14(20(30)23-10-4-3-5-11-23)6-9-18(19)29-21(25)16-8-7-15(24(26)27)13-17(16)22/h6-9,12-13H,2-5,10-11H2,1H3. The minimum absolute atomic E-state index is 0.0256. The van der Waals surface area contributed by atoms with E-state index in [-0.39, 0.29) is 22.0 Å². The summed E-state index contributed by atoms with van der Waals surface area (Å²) >= 11 is 11.7. The van der Waals surface area contributed by atoms with Gasteiger partial charge in [-0.2, -0.15) is 0 Å². The van der Waals surface area contributed by atoms with Gasteiger partial charge in [-0.25, -0.2) is 4.79 Å². The largest absolute Gasteiger partial charge is 0.490 e. The van der Waals surface area contributed by atoms with Gasteiger partial charge in [0.2, 0.25) is 0 Å². The monoisotopic (exact) mass is 448 g/mol. The molecule has 0 aliphatic carbocycles. The van der Waals surface area contributed by atoms with E-state index in [0.29, 0.717) is 12.4 Å². The van der Waals surface area contributed by atoms with Gasteiger partial charge < -0.3 is 14.4 Å². The van der Waals surface area contributed by atoms with Gasteiger partial charge >= 0.3 is 5.97 Å². The SMILES string of the molecule is CCOc1cc(C(=S)N2CCCCC2)ccc1OC(=O)c1ccc([N+](=O)[O-])cc1Cl. The third kappa shape index (κ3) is 5.06. The van der Waals surface area contributed by atoms with Crippen molar-refractivity contribution in [2.24, 2.45) is 0 Å². The molecule has 9 heteroatoms. The average molecular weight is 449 g/mol. The Bertz CT molecular complexity index is 976. The molecule has 0 saturated carbocycles. The molecule has 30 heavy (non-hydrogen) atoms. The third-order valence-electron chi connectivity index (χ3n) is 4.72. The van der Waals surface area contributed by atoms with Gasteiger partial charge in [-0.3, -0.25) is 10.1 Å². The molecule has 0 unspecified atom stereocenters. The topological polar surface area (TPSA) is 81.9 Å². The van der Waals surface area contributed by atoms with Crippen LogP contribution in [0.1, 0.15) is 42.1 Å². The highest BCUT2D eigenvalue weighted by Gasteiger charge is 2.20. The number of thiocarbonyl (C=S) groups is 1. The molecule has 0 radical (unpaired) electrons. The number of benzene rings is 2. The highest BCUT2D eigenvalue weighted by Crippen LogP contribution is 2.31. The lowest BCUT2D eigenvalue weighted by atomic mass is 10.1. The van der Waals surface area contributed by atoms with Crippen LogP contribution in [0.25, 0.3) is 0 Å². The predicted octanol–water partition coefficient (Wildman–Crippen LogP) is 5.03. The van der Waals surface area contributed by atoms with Crippen LogP contribution < -0.4 is 9.47 Å². The molecule has 1 saturated heterocycles. The zero-order valence-corrected chi connectivity index (χ0v) is 18.0. The van der Waals surface area contributed by atoms with E-state index in [1.807, 2.05) is 6.92 Å². The molecule has 2 aromatic carbocycles. The van der Waals surface area contributed by atoms with E-state index >= 15 is 0 Å². The van der Waals surface area contributed by atoms with Crippen LogP contribution in [0.2, 0.25) is 5.02 Å². The molecule has 158 valence electrons. The van der Waals surface area contributed by atoms with E-state index < -0.39 is 10.9 Å². The van der Waals surface area contributed by atoms with Crippen molar-refractivity contribution in [2.75, 3.05) is 19.7 Å². The number of esters is 1. The fourth-order valence-electron chi connectivity index (χ4n) is 3.21. The average Bonchev–Trinajstić information content (AvgIpc) is 2.75. The summed E-state index contributed by atoms with van der Waals surface area (Å²) in [6.07, 6.45) is 3.44. The fourth-order valence-corrected chi connectivity index (χ4v) is 3.77. The minimum Gasteiger partial charge on any atom is -0.490 e. The van der Waals surface area contributed by atoms with Crippen molar-refractivity contribution < 1.29 is 19.2 Å². The van der Waals surface area contributed by atoms with Gasteiger partial charge in [0.1, 0.15) is 4.99 Å². The summed E-state index contributed by atoms with van der Waals surface area (Å²) in [5.74, 6) is -0.121. The molecule has 0 atom stereocenters. The number of likely N-dealkylation sites (tertiary alicyclic amines) is 1. The quantitative estimate of drug-likeness (QED) is 0.201. The number of nitrogens with zero attached hydrogens (tertiary/aromatic N) is 2. The van der Waals surface area contributed by atoms with Crippen LogP contribution in [-0.4, -0.2) is 40.5 Å². The second-order valence-electron chi connectivity index (χ2n) is 6.76. The lowest BCUT2D eigenvalue weighted by molar-refractivity contribution is -0.384. The van der Waals surface area contributed by atoms with Crippen LogP contribution in [0.3, 0.4) is 0 Å². The summed E-state index contributed by atoms with van der Waals surface area (Å²) in [5, 5.41) is 10.8. The summed E-state index contributed by atoms with van der Waals surface area (Å²) in [4.78, 5) is 25.7. The smallest absolute Gasteiger partial charge is 0.345 e. The van der Waals surface area contributed by atoms with E-state index in [4.69, 9.17) is 33.3 Å². The maximum absolute atomic E-state index is 12.6. The highest BCUT2D eigenvalue weighted by molar-refractivity contribution is 7.80. The molecule has 0 spiro atoms. The first kappa shape index (κ1) is 22.0. The van der Waals surface area contributed by atoms with E-state index in [1.165, 1.54) is 18.6 Å². The first-order valence-corrected chi connectivity index (χ1v) is 10.4. The van der Waals surface area contributed by atoms with Crippen LogP contribution in [0.5, 0.6) is 11.5 Å². The second-order valence-corrected chi connectivity index (χ2v) is 7.55. The Morgan fingerprint density at radius 3 is 2.53 bits per heavy atom. The maximum atomic E-state index is 12.6. The molecule has 1 heterocycles. The second kappa shape index (κ2) is 9.86. The third-order valence-corrected chi connectivity index (χ3v) is 5.53. The van der Waals surface area contributed by atoms with Crippen molar-refractivity contribution in [2.45, 2.75) is 26.2 Å². The molecule has 0 N–H and O–H groups in total. The van der Waals surface area contributed by atoms with Crippen LogP contribution in [0, 0.1) is 10.1 Å². The Balaban J connectivity index is 1.82. The van der Waals surface area contributed by atoms with E-state index in [1.54, 1.807) is 18.2 Å². The van der Waals surface area contributed by atoms with E-state index in [0.717, 1.165) is 42.5 Å². The number of rotatable bonds is 6. The van der Waals surface area contributed by atoms with Gasteiger partial charge in [-0.15, -0.1) is 0 Å². The Morgan fingerprint density at radius 1 is 1.17 bits per heavy atom. The molecule has 1 fully saturated rings. The number of hydrogen-bond acceptors (Lipinski definition) is 6. The van der Waals surface area contributed by atoms with Crippen molar-refractivity contribution in [3.8, 4) is 11.5 Å². The molecular weight excluding hydrogens is 428 g/mol. The number of carbonyl (C=O) groups excluding carboxylic acids is 1. The summed E-state index contributed by atoms with van der Waals surface area (Å²) < 4.78 is 11.1. The van der Waals surface area contributed by atoms with Crippen LogP contribution in [0.15, 0.2) is 36.4 Å². The van der Waals surface area contributed by atoms with E-state index in [9.17, 15) is 14.9 Å². The Kier molecular flexibility index (Phi) is 7.23. The molecule has 1 aliphatic rings. The molecule has 0 bridgehead atoms. The van der Waals surface area contributed by atoms with Crippen molar-refractivity contribution in [3.05, 3.63) is 62.7 Å². The number of hydrogen-bond donors (Lipinski definition) is 0. The fraction of sp³-hybridized carbons (Fsp3) is 0.333. The molecular formula is C21H21ClN2O5S. The molecule has 1 aliphatic heterocycles. The molecule has 2 aromatic rings. The maximum Gasteiger partial charge on any atom is 0.345 e. The number of non-ortho nitro benzene ring substituents is 1. The zero-order valence-electron chi connectivity index (χ0n) is 16.4. The van der Waals surface area contributed by atoms with Gasteiger partial charge in [-0.1, -0.05) is 23.8 Å². The van der Waals surface area contributed by atoms with Gasteiger partial charge in [0.15, 0.2) is 11.5 Å². The molecule has 3 rings (SSSR count). The number of ether oxygens (including phenoxy) is 2. The summed E-state index contributed by atoms with van der Waals surface area (Å²) in [6.45, 7) is 4.06. The first-order chi connectivity index (χ1) is 14.4. The highest BCUT2D eigenvalue weighted by atomic mass is 35.5. The van der Waals surface area contributed by atoms with Gasteiger partial charge in [0.05, 0.1) is 22.1 Å². The number of halogens is 1. The van der Waals surface area contributed by atoms with Crippen LogP contribution in [-0.2, 0) is 0 Å². The summed E-state index contributed by atoms with van der Waals surface area (Å²) in [5.41, 5.74) is 0.642. The number of nitro benzene ring substituents is 1. The van der Waals surface area contributed by atoms with Gasteiger partial charge in [0, 0.05) is 30.8 Å². The predicted molar refractivity (Wildman–Crippen MR) is 118 cm³/mol. The summed E-state index contributed by atoms with van der Waals surface area (Å²) in [6, 6.07) is 8.77. The zero-order chi connectivity index (χ0) is 21.7. The molecule has 7 nitrogen and oxygen atoms in total. The van der Waals surface area contributed by atoms with Crippen LogP contribution in [0.4, 0.5) is 5.69 Å². The van der Waals surface area contributed by atoms with Crippen molar-refractivity contribution in [1.82, 2.24) is 4.90 Å². The number of nitro groups is 1. The van der Waals surface area contributed by atoms with Crippen molar-refractivity contribution in [3.63, 3.8) is 0 Å². The summed E-state index contributed by atoms with van der Waals surface area (Å²) in [7, 11) is 0. The van der Waals surface area contributed by atoms with Crippen LogP contribution >= 0.6 is 23.8 Å². The van der Waals surface area contributed by atoms with E-state index in [2.05, 4.69) is 4.90 Å². The minimum atomic E-state index is -0.734. The lowest BCUT2D eigenvalue weighted by Gasteiger charge is -2.29. The lowest BCUT2D eigenvalue weighted by Crippen LogP contribution is -2.34. The molecule has 0 aromatic heterocycles. The van der Waals surface area contributed by atoms with Gasteiger partial charge in [0.25, 0.3) is 5.69 Å². The first-order valence-electron chi connectivity index (χ1n) is 9.63. The van der Waals surface area contributed by atoms with Gasteiger partial charge in [-0.05, 0) is 50.5 Å². The Morgan fingerprint density at radius 2 is 1.90 bits per heavy atom. The number of carbonyl (C=O) groups is 1. The number of piperidine rings is 1. The normalized spacial score (nSPS) is 13.6. The van der Waals surface area contributed by atoms with Crippen molar-refractivity contribution in [1.29, 1.82) is 0 Å². The molecule has 0 amide bonds. The Hall–Kier alpha value is -2.71.